The van der Waals surface area contributed by atoms with Crippen molar-refractivity contribution in [1.82, 2.24) is 10.2 Å². The van der Waals surface area contributed by atoms with E-state index in [1.54, 1.807) is 0 Å². The van der Waals surface area contributed by atoms with Crippen LogP contribution in [0.5, 0.6) is 0 Å². The summed E-state index contributed by atoms with van der Waals surface area (Å²) in [5.74, 6) is -2.07. The minimum Gasteiger partial charge on any atom is -0.368 e. The maximum atomic E-state index is 13.7. The minimum atomic E-state index is -5.03. The number of fused-ring (bicyclic) bond motifs is 1. The first kappa shape index (κ1) is 29.8. The summed E-state index contributed by atoms with van der Waals surface area (Å²) in [6.07, 6.45) is -12.3. The quantitative estimate of drug-likeness (QED) is 0.479. The van der Waals surface area contributed by atoms with Gasteiger partial charge in [-0.15, -0.1) is 0 Å². The Bertz CT molecular complexity index is 1240. The van der Waals surface area contributed by atoms with E-state index in [0.29, 0.717) is 17.7 Å². The molecular formula is C27H28F7N3O3. The number of hydrogen-bond acceptors (Lipinski definition) is 4. The molecule has 2 aliphatic heterocycles. The molecule has 2 aliphatic rings. The van der Waals surface area contributed by atoms with Crippen LogP contribution in [0.15, 0.2) is 42.5 Å². The second-order valence-electron chi connectivity index (χ2n) is 10.8. The molecule has 6 nitrogen and oxygen atoms in total. The molecule has 2 unspecified atom stereocenters. The van der Waals surface area contributed by atoms with Crippen LogP contribution in [0.4, 0.5) is 30.7 Å². The average Bonchev–Trinajstić information content (AvgIpc) is 3.34. The minimum absolute atomic E-state index is 0.0358. The molecule has 2 aromatic rings. The van der Waals surface area contributed by atoms with E-state index < -0.39 is 71.0 Å². The fourth-order valence-electron chi connectivity index (χ4n) is 5.27. The smallest absolute Gasteiger partial charge is 0.368 e. The summed E-state index contributed by atoms with van der Waals surface area (Å²) in [7, 11) is 0. The van der Waals surface area contributed by atoms with Gasteiger partial charge in [-0.2, -0.15) is 26.3 Å². The van der Waals surface area contributed by atoms with Crippen molar-refractivity contribution in [3.05, 3.63) is 70.5 Å². The number of amides is 2. The highest BCUT2D eigenvalue weighted by molar-refractivity contribution is 5.87. The Morgan fingerprint density at radius 1 is 1.02 bits per heavy atom. The van der Waals surface area contributed by atoms with Gasteiger partial charge in [0.2, 0.25) is 11.8 Å². The van der Waals surface area contributed by atoms with Gasteiger partial charge in [0.25, 0.3) is 0 Å². The van der Waals surface area contributed by atoms with Crippen molar-refractivity contribution in [3.63, 3.8) is 0 Å². The predicted octanol–water partition coefficient (Wildman–Crippen LogP) is 4.93. The highest BCUT2D eigenvalue weighted by atomic mass is 19.4. The van der Waals surface area contributed by atoms with Gasteiger partial charge < -0.3 is 20.7 Å². The summed E-state index contributed by atoms with van der Waals surface area (Å²) >= 11 is 0. The molecule has 218 valence electrons. The number of nitrogens with two attached hydrogens (primary N) is 1. The fourth-order valence-corrected chi connectivity index (χ4v) is 5.27. The summed E-state index contributed by atoms with van der Waals surface area (Å²) in [5, 5.41) is 2.78. The Morgan fingerprint density at radius 2 is 1.57 bits per heavy atom. The third kappa shape index (κ3) is 6.09. The SMILES string of the molecule is C[C@@H](O[C@H]1CN2C(=O)CC(NC(=O)C(C)(C)N)[C@H]2C1c1ccc(F)cc1)c1cc(C(F)(F)F)cc(C(F)(F)F)c1. The van der Waals surface area contributed by atoms with Gasteiger partial charge in [0.05, 0.1) is 41.0 Å². The summed E-state index contributed by atoms with van der Waals surface area (Å²) < 4.78 is 100. The van der Waals surface area contributed by atoms with Crippen LogP contribution >= 0.6 is 0 Å². The molecule has 0 aliphatic carbocycles. The van der Waals surface area contributed by atoms with E-state index in [0.717, 1.165) is 0 Å². The molecule has 0 saturated carbocycles. The van der Waals surface area contributed by atoms with Crippen LogP contribution in [-0.2, 0) is 26.7 Å². The number of halogens is 7. The maximum absolute atomic E-state index is 13.7. The van der Waals surface area contributed by atoms with E-state index in [9.17, 15) is 40.3 Å². The van der Waals surface area contributed by atoms with Crippen molar-refractivity contribution in [2.45, 2.75) is 75.3 Å². The zero-order valence-electron chi connectivity index (χ0n) is 21.7. The van der Waals surface area contributed by atoms with E-state index in [-0.39, 0.29) is 30.5 Å². The zero-order valence-corrected chi connectivity index (χ0v) is 21.7. The molecule has 3 N–H and O–H groups in total. The van der Waals surface area contributed by atoms with Crippen LogP contribution in [0.2, 0.25) is 0 Å². The van der Waals surface area contributed by atoms with Crippen LogP contribution in [0.25, 0.3) is 0 Å². The number of benzene rings is 2. The average molecular weight is 576 g/mol. The van der Waals surface area contributed by atoms with Crippen molar-refractivity contribution < 1.29 is 45.1 Å². The standard InChI is InChI=1S/C27H28F7N3O3/c1-13(15-8-16(26(29,30)31)10-17(9-15)27(32,33)34)40-20-12-37-21(38)11-19(36-24(39)25(2,3)35)23(37)22(20)14-4-6-18(28)7-5-14/h4-10,13,19-20,22-23H,11-12,35H2,1-3H3,(H,36,39)/t13-,19?,20+,22?,23+/m1/s1. The second kappa shape index (κ2) is 10.3. The summed E-state index contributed by atoms with van der Waals surface area (Å²) in [6.45, 7) is 4.25. The van der Waals surface area contributed by atoms with Crippen molar-refractivity contribution in [1.29, 1.82) is 0 Å². The first-order chi connectivity index (χ1) is 18.4. The molecule has 40 heavy (non-hydrogen) atoms. The molecule has 0 radical (unpaired) electrons. The van der Waals surface area contributed by atoms with Gasteiger partial charge in [0, 0.05) is 18.9 Å². The van der Waals surface area contributed by atoms with Crippen LogP contribution < -0.4 is 11.1 Å². The lowest BCUT2D eigenvalue weighted by molar-refractivity contribution is -0.143. The number of ether oxygens (including phenoxy) is 1. The first-order valence-electron chi connectivity index (χ1n) is 12.5. The molecule has 13 heteroatoms. The largest absolute Gasteiger partial charge is 0.416 e. The Kier molecular flexibility index (Phi) is 7.69. The van der Waals surface area contributed by atoms with Crippen molar-refractivity contribution in [2.24, 2.45) is 5.73 Å². The van der Waals surface area contributed by atoms with Gasteiger partial charge in [0.1, 0.15) is 5.82 Å². The highest BCUT2D eigenvalue weighted by Crippen LogP contribution is 2.44. The van der Waals surface area contributed by atoms with E-state index >= 15 is 0 Å². The lowest BCUT2D eigenvalue weighted by Gasteiger charge is -2.31. The zero-order chi connectivity index (χ0) is 29.8. The summed E-state index contributed by atoms with van der Waals surface area (Å²) in [5.41, 5.74) is 1.86. The topological polar surface area (TPSA) is 84.7 Å². The molecule has 0 aromatic heterocycles. The highest BCUT2D eigenvalue weighted by Gasteiger charge is 2.54. The summed E-state index contributed by atoms with van der Waals surface area (Å²) in [6, 6.07) is 5.15. The molecule has 2 aromatic carbocycles. The molecule has 5 atom stereocenters. The lowest BCUT2D eigenvalue weighted by Crippen LogP contribution is -2.55. The van der Waals surface area contributed by atoms with Gasteiger partial charge in [-0.3, -0.25) is 9.59 Å². The fraction of sp³-hybridized carbons (Fsp3) is 0.481. The van der Waals surface area contributed by atoms with Crippen molar-refractivity contribution in [3.8, 4) is 0 Å². The van der Waals surface area contributed by atoms with Crippen molar-refractivity contribution in [2.75, 3.05) is 6.54 Å². The number of hydrogen-bond donors (Lipinski definition) is 2. The van der Waals surface area contributed by atoms with E-state index in [1.807, 2.05) is 0 Å². The van der Waals surface area contributed by atoms with Gasteiger partial charge in [-0.1, -0.05) is 12.1 Å². The Morgan fingerprint density at radius 3 is 2.08 bits per heavy atom. The molecular weight excluding hydrogens is 547 g/mol. The predicted molar refractivity (Wildman–Crippen MR) is 129 cm³/mol. The number of carbonyl (C=O) groups excluding carboxylic acids is 2. The lowest BCUT2D eigenvalue weighted by atomic mass is 9.85. The molecule has 2 amide bonds. The Balaban J connectivity index is 1.70. The molecule has 0 spiro atoms. The Hall–Kier alpha value is -3.19. The van der Waals surface area contributed by atoms with Gasteiger partial charge in [0.15, 0.2) is 0 Å². The van der Waals surface area contributed by atoms with E-state index in [4.69, 9.17) is 10.5 Å². The molecule has 0 bridgehead atoms. The number of carbonyl (C=O) groups is 2. The monoisotopic (exact) mass is 575 g/mol. The van der Waals surface area contributed by atoms with Crippen LogP contribution in [0.3, 0.4) is 0 Å². The molecule has 4 rings (SSSR count). The third-order valence-corrected chi connectivity index (χ3v) is 7.25. The first-order valence-corrected chi connectivity index (χ1v) is 12.5. The van der Waals surface area contributed by atoms with E-state index in [1.165, 1.54) is 49.9 Å². The van der Waals surface area contributed by atoms with Crippen LogP contribution in [-0.4, -0.2) is 47.0 Å². The van der Waals surface area contributed by atoms with Gasteiger partial charge >= 0.3 is 12.4 Å². The van der Waals surface area contributed by atoms with Gasteiger partial charge in [-0.25, -0.2) is 4.39 Å². The number of nitrogens with one attached hydrogen (secondary N) is 1. The van der Waals surface area contributed by atoms with Crippen LogP contribution in [0, 0.1) is 5.82 Å². The number of rotatable bonds is 6. The third-order valence-electron chi connectivity index (χ3n) is 7.25. The normalized spacial score (nSPS) is 24.3. The van der Waals surface area contributed by atoms with Crippen LogP contribution in [0.1, 0.15) is 61.5 Å². The van der Waals surface area contributed by atoms with Gasteiger partial charge in [-0.05, 0) is 62.2 Å². The molecule has 2 fully saturated rings. The number of nitrogens with zero attached hydrogens (tertiary/aromatic N) is 1. The summed E-state index contributed by atoms with van der Waals surface area (Å²) in [4.78, 5) is 27.0. The molecule has 2 heterocycles. The van der Waals surface area contributed by atoms with Crippen molar-refractivity contribution >= 4 is 11.8 Å². The maximum Gasteiger partial charge on any atom is 0.416 e. The Labute approximate surface area is 225 Å². The van der Waals surface area contributed by atoms with E-state index in [2.05, 4.69) is 5.32 Å². The number of alkyl halides is 6. The second-order valence-corrected chi connectivity index (χ2v) is 10.8. The molecule has 2 saturated heterocycles.